The molecule has 0 aliphatic heterocycles. The molecular formula is C20H22BrFN2O4. The highest BCUT2D eigenvalue weighted by Gasteiger charge is 2.10. The third-order valence-electron chi connectivity index (χ3n) is 3.80. The first-order valence-electron chi connectivity index (χ1n) is 8.70. The second-order valence-electron chi connectivity index (χ2n) is 5.93. The molecule has 6 nitrogen and oxygen atoms in total. The van der Waals surface area contributed by atoms with Gasteiger partial charge in [-0.1, -0.05) is 12.1 Å². The number of benzene rings is 2. The van der Waals surface area contributed by atoms with Crippen LogP contribution in [-0.4, -0.2) is 32.1 Å². The van der Waals surface area contributed by atoms with E-state index in [9.17, 15) is 14.0 Å². The summed E-state index contributed by atoms with van der Waals surface area (Å²) < 4.78 is 24.3. The van der Waals surface area contributed by atoms with Gasteiger partial charge in [0.15, 0.2) is 18.1 Å². The number of carbonyl (C=O) groups is 2. The van der Waals surface area contributed by atoms with Gasteiger partial charge in [0.1, 0.15) is 5.82 Å². The summed E-state index contributed by atoms with van der Waals surface area (Å²) in [4.78, 5) is 23.6. The van der Waals surface area contributed by atoms with E-state index in [-0.39, 0.29) is 30.7 Å². The zero-order valence-electron chi connectivity index (χ0n) is 15.7. The lowest BCUT2D eigenvalue weighted by atomic mass is 10.1. The Balaban J connectivity index is 1.91. The summed E-state index contributed by atoms with van der Waals surface area (Å²) in [7, 11) is 1.50. The topological polar surface area (TPSA) is 76.7 Å². The van der Waals surface area contributed by atoms with Gasteiger partial charge in [-0.15, -0.1) is 0 Å². The van der Waals surface area contributed by atoms with E-state index >= 15 is 0 Å². The maximum absolute atomic E-state index is 13.3. The summed E-state index contributed by atoms with van der Waals surface area (Å²) in [5.41, 5.74) is 1.52. The predicted molar refractivity (Wildman–Crippen MR) is 107 cm³/mol. The lowest BCUT2D eigenvalue weighted by Gasteiger charge is -2.12. The number of ether oxygens (including phenoxy) is 2. The quantitative estimate of drug-likeness (QED) is 0.612. The Labute approximate surface area is 171 Å². The van der Waals surface area contributed by atoms with Crippen LogP contribution in [0.4, 0.5) is 4.39 Å². The highest BCUT2D eigenvalue weighted by molar-refractivity contribution is 9.10. The van der Waals surface area contributed by atoms with Gasteiger partial charge in [-0.05, 0) is 58.2 Å². The Morgan fingerprint density at radius 2 is 1.79 bits per heavy atom. The monoisotopic (exact) mass is 452 g/mol. The van der Waals surface area contributed by atoms with Gasteiger partial charge in [0.05, 0.1) is 18.0 Å². The molecule has 0 heterocycles. The minimum absolute atomic E-state index is 0.104. The van der Waals surface area contributed by atoms with Crippen LogP contribution in [0, 0.1) is 5.82 Å². The van der Waals surface area contributed by atoms with Crippen molar-refractivity contribution in [1.29, 1.82) is 0 Å². The molecule has 2 aromatic rings. The van der Waals surface area contributed by atoms with Gasteiger partial charge in [0.2, 0.25) is 5.91 Å². The number of nitrogens with one attached hydrogen (secondary N) is 2. The minimum Gasteiger partial charge on any atom is -0.493 e. The van der Waals surface area contributed by atoms with Crippen molar-refractivity contribution in [2.75, 3.05) is 20.3 Å². The van der Waals surface area contributed by atoms with E-state index in [1.807, 2.05) is 6.92 Å². The standard InChI is InChI=1S/C20H22BrFN2O4/c1-3-23-20(26)12-28-17-7-5-14(9-18(17)27-2)11-24-19(25)10-13-4-6-16(22)15(21)8-13/h4-9H,3,10-12H2,1-2H3,(H,23,26)(H,24,25). The van der Waals surface area contributed by atoms with Crippen LogP contribution in [0.3, 0.4) is 0 Å². The zero-order valence-corrected chi connectivity index (χ0v) is 17.3. The third-order valence-corrected chi connectivity index (χ3v) is 4.41. The predicted octanol–water partition coefficient (Wildman–Crippen LogP) is 2.97. The van der Waals surface area contributed by atoms with Crippen LogP contribution in [0.25, 0.3) is 0 Å². The molecule has 0 aromatic heterocycles. The highest BCUT2D eigenvalue weighted by atomic mass is 79.9. The van der Waals surface area contributed by atoms with E-state index < -0.39 is 0 Å². The molecule has 0 radical (unpaired) electrons. The number of amides is 2. The van der Waals surface area contributed by atoms with Gasteiger partial charge in [-0.2, -0.15) is 0 Å². The van der Waals surface area contributed by atoms with Crippen molar-refractivity contribution in [3.8, 4) is 11.5 Å². The fourth-order valence-corrected chi connectivity index (χ4v) is 2.86. The Morgan fingerprint density at radius 1 is 1.04 bits per heavy atom. The molecule has 0 spiro atoms. The lowest BCUT2D eigenvalue weighted by Crippen LogP contribution is -2.28. The van der Waals surface area contributed by atoms with Crippen LogP contribution in [0.5, 0.6) is 11.5 Å². The summed E-state index contributed by atoms with van der Waals surface area (Å²) >= 11 is 3.11. The second kappa shape index (κ2) is 10.7. The van der Waals surface area contributed by atoms with Crippen LogP contribution < -0.4 is 20.1 Å². The van der Waals surface area contributed by atoms with Crippen molar-refractivity contribution in [2.24, 2.45) is 0 Å². The maximum atomic E-state index is 13.3. The molecule has 0 atom stereocenters. The van der Waals surface area contributed by atoms with Gasteiger partial charge in [-0.25, -0.2) is 4.39 Å². The number of methoxy groups -OCH3 is 1. The summed E-state index contributed by atoms with van der Waals surface area (Å²) in [6.45, 7) is 2.56. The molecule has 150 valence electrons. The van der Waals surface area contributed by atoms with Crippen LogP contribution in [0.1, 0.15) is 18.1 Å². The fraction of sp³-hybridized carbons (Fsp3) is 0.300. The largest absolute Gasteiger partial charge is 0.493 e. The number of rotatable bonds is 9. The van der Waals surface area contributed by atoms with E-state index in [0.29, 0.717) is 34.6 Å². The number of hydrogen-bond acceptors (Lipinski definition) is 4. The van der Waals surface area contributed by atoms with E-state index in [4.69, 9.17) is 9.47 Å². The van der Waals surface area contributed by atoms with Crippen LogP contribution in [0.2, 0.25) is 0 Å². The molecule has 0 saturated carbocycles. The van der Waals surface area contributed by atoms with Crippen LogP contribution in [0.15, 0.2) is 40.9 Å². The first-order chi connectivity index (χ1) is 13.4. The molecule has 2 aromatic carbocycles. The first kappa shape index (κ1) is 21.7. The molecule has 2 N–H and O–H groups in total. The van der Waals surface area contributed by atoms with Crippen LogP contribution in [-0.2, 0) is 22.6 Å². The normalized spacial score (nSPS) is 10.3. The second-order valence-corrected chi connectivity index (χ2v) is 6.78. The van der Waals surface area contributed by atoms with Crippen molar-refractivity contribution in [1.82, 2.24) is 10.6 Å². The average Bonchev–Trinajstić information content (AvgIpc) is 2.68. The first-order valence-corrected chi connectivity index (χ1v) is 9.49. The Hall–Kier alpha value is -2.61. The van der Waals surface area contributed by atoms with Gasteiger partial charge in [-0.3, -0.25) is 9.59 Å². The number of likely N-dealkylation sites (N-methyl/N-ethyl adjacent to an activating group) is 1. The fourth-order valence-electron chi connectivity index (χ4n) is 2.43. The Bertz CT molecular complexity index is 845. The van der Waals surface area contributed by atoms with E-state index in [2.05, 4.69) is 26.6 Å². The van der Waals surface area contributed by atoms with Crippen molar-refractivity contribution in [3.05, 3.63) is 57.8 Å². The number of hydrogen-bond donors (Lipinski definition) is 2. The summed E-state index contributed by atoms with van der Waals surface area (Å²) in [5, 5.41) is 5.46. The zero-order chi connectivity index (χ0) is 20.5. The Morgan fingerprint density at radius 3 is 2.46 bits per heavy atom. The van der Waals surface area contributed by atoms with Crippen molar-refractivity contribution < 1.29 is 23.5 Å². The van der Waals surface area contributed by atoms with Gasteiger partial charge >= 0.3 is 0 Å². The number of carbonyl (C=O) groups excluding carboxylic acids is 2. The van der Waals surface area contributed by atoms with Crippen molar-refractivity contribution in [2.45, 2.75) is 19.9 Å². The number of halogens is 2. The maximum Gasteiger partial charge on any atom is 0.257 e. The molecule has 0 unspecified atom stereocenters. The molecule has 8 heteroatoms. The van der Waals surface area contributed by atoms with E-state index in [0.717, 1.165) is 5.56 Å². The molecular weight excluding hydrogens is 431 g/mol. The third kappa shape index (κ3) is 6.53. The molecule has 0 aliphatic rings. The molecule has 0 saturated heterocycles. The van der Waals surface area contributed by atoms with Crippen LogP contribution >= 0.6 is 15.9 Å². The van der Waals surface area contributed by atoms with Crippen molar-refractivity contribution in [3.63, 3.8) is 0 Å². The molecule has 2 amide bonds. The molecule has 0 bridgehead atoms. The Kier molecular flexibility index (Phi) is 8.25. The summed E-state index contributed by atoms with van der Waals surface area (Å²) in [6.07, 6.45) is 0.143. The molecule has 0 fully saturated rings. The molecule has 0 aliphatic carbocycles. The van der Waals surface area contributed by atoms with Crippen molar-refractivity contribution >= 4 is 27.7 Å². The van der Waals surface area contributed by atoms with Gasteiger partial charge in [0, 0.05) is 13.1 Å². The smallest absolute Gasteiger partial charge is 0.257 e. The minimum atomic E-state index is -0.370. The lowest BCUT2D eigenvalue weighted by molar-refractivity contribution is -0.123. The SMILES string of the molecule is CCNC(=O)COc1ccc(CNC(=O)Cc2ccc(F)c(Br)c2)cc1OC. The van der Waals surface area contributed by atoms with Gasteiger partial charge < -0.3 is 20.1 Å². The summed E-state index contributed by atoms with van der Waals surface area (Å²) in [5.74, 6) is 0.145. The highest BCUT2D eigenvalue weighted by Crippen LogP contribution is 2.28. The summed E-state index contributed by atoms with van der Waals surface area (Å²) in [6, 6.07) is 9.68. The van der Waals surface area contributed by atoms with E-state index in [1.165, 1.54) is 13.2 Å². The van der Waals surface area contributed by atoms with Gasteiger partial charge in [0.25, 0.3) is 5.91 Å². The average molecular weight is 453 g/mol. The molecule has 2 rings (SSSR count). The molecule has 28 heavy (non-hydrogen) atoms. The van der Waals surface area contributed by atoms with E-state index in [1.54, 1.807) is 30.3 Å².